The lowest BCUT2D eigenvalue weighted by molar-refractivity contribution is -0.0327. The fraction of sp³-hybridized carbons (Fsp3) is 0.517. The van der Waals surface area contributed by atoms with E-state index < -0.39 is 0 Å². The van der Waals surface area contributed by atoms with Crippen LogP contribution in [0.5, 0.6) is 0 Å². The van der Waals surface area contributed by atoms with E-state index in [1.54, 1.807) is 13.3 Å². The van der Waals surface area contributed by atoms with E-state index in [1.807, 2.05) is 24.4 Å². The number of piperazine rings is 1. The van der Waals surface area contributed by atoms with Crippen LogP contribution in [0.4, 0.5) is 17.5 Å². The number of anilines is 3. The summed E-state index contributed by atoms with van der Waals surface area (Å²) in [6, 6.07) is 12.2. The van der Waals surface area contributed by atoms with Gasteiger partial charge in [-0.2, -0.15) is 10.2 Å². The summed E-state index contributed by atoms with van der Waals surface area (Å²) in [5.74, 6) is 1.67. The number of ether oxygens (including phenoxy) is 2. The molecule has 11 heteroatoms. The van der Waals surface area contributed by atoms with Gasteiger partial charge in [-0.15, -0.1) is 0 Å². The van der Waals surface area contributed by atoms with E-state index in [0.717, 1.165) is 68.2 Å². The van der Waals surface area contributed by atoms with Crippen LogP contribution in [0.25, 0.3) is 10.9 Å². The number of hydrogen-bond donors (Lipinski definition) is 1. The maximum Gasteiger partial charge on any atom is 0.227 e. The lowest BCUT2D eigenvalue weighted by Gasteiger charge is -2.42. The molecule has 210 valence electrons. The highest BCUT2D eigenvalue weighted by Gasteiger charge is 2.32. The zero-order valence-electron chi connectivity index (χ0n) is 23.2. The molecule has 2 aromatic heterocycles. The summed E-state index contributed by atoms with van der Waals surface area (Å²) in [6.07, 6.45) is 3.79. The molecule has 4 atom stereocenters. The normalized spacial score (nSPS) is 25.9. The van der Waals surface area contributed by atoms with Crippen LogP contribution in [-0.2, 0) is 9.47 Å². The van der Waals surface area contributed by atoms with Gasteiger partial charge < -0.3 is 29.9 Å². The maximum atomic E-state index is 9.54. The molecule has 40 heavy (non-hydrogen) atoms. The average molecular weight is 544 g/mol. The Morgan fingerprint density at radius 2 is 1.85 bits per heavy atom. The summed E-state index contributed by atoms with van der Waals surface area (Å²) in [5.41, 5.74) is 8.69. The quantitative estimate of drug-likeness (QED) is 0.487. The number of pyridine rings is 1. The first-order valence-electron chi connectivity index (χ1n) is 14.0. The number of fused-ring (bicyclic) bond motifs is 1. The van der Waals surface area contributed by atoms with E-state index in [1.165, 1.54) is 0 Å². The zero-order valence-corrected chi connectivity index (χ0v) is 23.2. The smallest absolute Gasteiger partial charge is 0.227 e. The Labute approximate surface area is 235 Å². The molecule has 3 saturated heterocycles. The molecule has 0 unspecified atom stereocenters. The molecule has 3 aromatic rings. The van der Waals surface area contributed by atoms with Gasteiger partial charge in [0.2, 0.25) is 5.95 Å². The molecule has 6 rings (SSSR count). The largest absolute Gasteiger partial charge is 0.378 e. The molecule has 1 aromatic carbocycles. The molecule has 3 fully saturated rings. The van der Waals surface area contributed by atoms with E-state index in [2.05, 4.69) is 54.7 Å². The van der Waals surface area contributed by atoms with Crippen molar-refractivity contribution in [1.82, 2.24) is 19.9 Å². The first-order chi connectivity index (χ1) is 19.5. The Kier molecular flexibility index (Phi) is 7.67. The van der Waals surface area contributed by atoms with Gasteiger partial charge in [0.05, 0.1) is 35.4 Å². The second-order valence-corrected chi connectivity index (χ2v) is 11.0. The predicted octanol–water partition coefficient (Wildman–Crippen LogP) is 1.47. The van der Waals surface area contributed by atoms with E-state index in [0.29, 0.717) is 24.6 Å². The molecule has 0 amide bonds. The van der Waals surface area contributed by atoms with Gasteiger partial charge in [-0.3, -0.25) is 9.88 Å². The molecular weight excluding hydrogens is 506 g/mol. The lowest BCUT2D eigenvalue weighted by Crippen LogP contribution is -2.54. The van der Waals surface area contributed by atoms with Crippen LogP contribution >= 0.6 is 0 Å². The number of nitrogens with zero attached hydrogens (tertiary/aromatic N) is 8. The highest BCUT2D eigenvalue weighted by atomic mass is 16.5. The SMILES string of the molecule is CO[C@@H]1CN(c2nccc(N3CCN(C[C@H]4CN(c5ccc(C#N)c6ncccc56)C[C@@H](C)O4)CC3)n2)C[C@@H]1N. The fourth-order valence-electron chi connectivity index (χ4n) is 6.19. The number of rotatable bonds is 6. The van der Waals surface area contributed by atoms with Crippen molar-refractivity contribution in [2.45, 2.75) is 31.3 Å². The summed E-state index contributed by atoms with van der Waals surface area (Å²) in [5, 5.41) is 10.6. The third-order valence-corrected chi connectivity index (χ3v) is 8.22. The highest BCUT2D eigenvalue weighted by Crippen LogP contribution is 2.30. The van der Waals surface area contributed by atoms with Gasteiger partial charge in [-0.25, -0.2) is 4.98 Å². The van der Waals surface area contributed by atoms with Gasteiger partial charge in [-0.05, 0) is 37.3 Å². The van der Waals surface area contributed by atoms with Crippen molar-refractivity contribution in [2.24, 2.45) is 5.73 Å². The molecule has 2 N–H and O–H groups in total. The number of benzene rings is 1. The minimum absolute atomic E-state index is 0.00347. The Hall–Kier alpha value is -3.56. The van der Waals surface area contributed by atoms with Gasteiger partial charge >= 0.3 is 0 Å². The molecule has 0 aliphatic carbocycles. The van der Waals surface area contributed by atoms with Crippen LogP contribution < -0.4 is 20.4 Å². The van der Waals surface area contributed by atoms with Crippen LogP contribution in [0.1, 0.15) is 12.5 Å². The van der Waals surface area contributed by atoms with Gasteiger partial charge in [0.25, 0.3) is 0 Å². The van der Waals surface area contributed by atoms with Crippen molar-refractivity contribution in [1.29, 1.82) is 5.26 Å². The third-order valence-electron chi connectivity index (χ3n) is 8.22. The van der Waals surface area contributed by atoms with Crippen LogP contribution in [0, 0.1) is 11.3 Å². The van der Waals surface area contributed by atoms with E-state index in [-0.39, 0.29) is 24.4 Å². The standard InChI is InChI=1S/C29H37N9O2/c1-20-15-37(25-6-5-21(14-30)28-23(25)4-3-8-32-28)17-22(40-20)16-35-10-12-36(13-11-35)27-7-9-33-29(34-27)38-18-24(31)26(19-38)39-2/h3-9,20,22,24,26H,10-13,15-19,31H2,1-2H3/t20-,22+,24+,26-/m1/s1. The fourth-order valence-corrected chi connectivity index (χ4v) is 6.19. The van der Waals surface area contributed by atoms with E-state index in [9.17, 15) is 5.26 Å². The maximum absolute atomic E-state index is 9.54. The summed E-state index contributed by atoms with van der Waals surface area (Å²) >= 11 is 0. The number of nitriles is 1. The molecule has 11 nitrogen and oxygen atoms in total. The Balaban J connectivity index is 1.08. The van der Waals surface area contributed by atoms with Crippen LogP contribution in [-0.4, -0.2) is 110 Å². The minimum Gasteiger partial charge on any atom is -0.378 e. The Morgan fingerprint density at radius 1 is 1.00 bits per heavy atom. The van der Waals surface area contributed by atoms with Crippen molar-refractivity contribution >= 4 is 28.4 Å². The number of aromatic nitrogens is 3. The molecule has 3 aliphatic rings. The van der Waals surface area contributed by atoms with Gasteiger partial charge in [0.15, 0.2) is 0 Å². The van der Waals surface area contributed by atoms with Crippen molar-refractivity contribution in [3.05, 3.63) is 48.3 Å². The summed E-state index contributed by atoms with van der Waals surface area (Å²) in [6.45, 7) is 9.70. The zero-order chi connectivity index (χ0) is 27.6. The monoisotopic (exact) mass is 543 g/mol. The van der Waals surface area contributed by atoms with E-state index in [4.69, 9.17) is 20.2 Å². The van der Waals surface area contributed by atoms with Crippen LogP contribution in [0.15, 0.2) is 42.7 Å². The average Bonchev–Trinajstić information content (AvgIpc) is 3.37. The van der Waals surface area contributed by atoms with Crippen molar-refractivity contribution in [2.75, 3.05) is 80.7 Å². The predicted molar refractivity (Wildman–Crippen MR) is 155 cm³/mol. The van der Waals surface area contributed by atoms with E-state index >= 15 is 0 Å². The second kappa shape index (κ2) is 11.5. The van der Waals surface area contributed by atoms with Crippen molar-refractivity contribution < 1.29 is 9.47 Å². The van der Waals surface area contributed by atoms with Crippen molar-refractivity contribution in [3.8, 4) is 6.07 Å². The molecule has 0 bridgehead atoms. The van der Waals surface area contributed by atoms with Crippen LogP contribution in [0.2, 0.25) is 0 Å². The molecule has 0 spiro atoms. The number of morpholine rings is 1. The lowest BCUT2D eigenvalue weighted by atomic mass is 10.1. The Bertz CT molecular complexity index is 1370. The third kappa shape index (κ3) is 5.40. The number of methoxy groups -OCH3 is 1. The first kappa shape index (κ1) is 26.7. The number of hydrogen-bond acceptors (Lipinski definition) is 11. The first-order valence-corrected chi connectivity index (χ1v) is 14.0. The topological polar surface area (TPSA) is 120 Å². The van der Waals surface area contributed by atoms with Gasteiger partial charge in [0, 0.05) is 89.5 Å². The van der Waals surface area contributed by atoms with Gasteiger partial charge in [0.1, 0.15) is 11.9 Å². The van der Waals surface area contributed by atoms with Gasteiger partial charge in [-0.1, -0.05) is 0 Å². The highest BCUT2D eigenvalue weighted by molar-refractivity contribution is 5.95. The molecule has 0 saturated carbocycles. The summed E-state index contributed by atoms with van der Waals surface area (Å²) in [4.78, 5) is 23.2. The summed E-state index contributed by atoms with van der Waals surface area (Å²) in [7, 11) is 1.70. The second-order valence-electron chi connectivity index (χ2n) is 11.0. The van der Waals surface area contributed by atoms with Crippen LogP contribution in [0.3, 0.4) is 0 Å². The molecular formula is C29H37N9O2. The Morgan fingerprint density at radius 3 is 2.62 bits per heavy atom. The summed E-state index contributed by atoms with van der Waals surface area (Å²) < 4.78 is 11.9. The molecule has 3 aliphatic heterocycles. The number of nitrogens with two attached hydrogens (primary N) is 1. The molecule has 0 radical (unpaired) electrons. The minimum atomic E-state index is -0.0336. The molecule has 5 heterocycles. The van der Waals surface area contributed by atoms with Crippen molar-refractivity contribution in [3.63, 3.8) is 0 Å².